The van der Waals surface area contributed by atoms with Crippen LogP contribution in [0.15, 0.2) is 9.98 Å². The molecule has 0 aromatic carbocycles. The lowest BCUT2D eigenvalue weighted by Crippen LogP contribution is -2.73. The molecule has 0 unspecified atom stereocenters. The second-order valence-electron chi connectivity index (χ2n) is 6.24. The summed E-state index contributed by atoms with van der Waals surface area (Å²) >= 11 is 0. The van der Waals surface area contributed by atoms with Gasteiger partial charge in [-0.05, 0) is 13.8 Å². The van der Waals surface area contributed by atoms with Crippen LogP contribution in [0, 0.1) is 17.2 Å². The molecule has 8 nitrogen and oxygen atoms in total. The van der Waals surface area contributed by atoms with E-state index in [0.29, 0.717) is 0 Å². The molecule has 1 atom stereocenters. The van der Waals surface area contributed by atoms with Crippen molar-refractivity contribution < 1.29 is 71.7 Å². The lowest BCUT2D eigenvalue weighted by atomic mass is 9.82. The second kappa shape index (κ2) is 9.49. The van der Waals surface area contributed by atoms with Crippen molar-refractivity contribution in [3.8, 4) is 6.07 Å². The molecule has 0 radical (unpaired) electrons. The number of aliphatic imine (C=N–C) groups is 2. The number of rotatable bonds is 5. The first-order chi connectivity index (χ1) is 15.6. The van der Waals surface area contributed by atoms with Gasteiger partial charge in [0.05, 0.1) is 19.3 Å². The first-order valence-electron chi connectivity index (χ1n) is 8.76. The quantitative estimate of drug-likeness (QED) is 0.522. The van der Waals surface area contributed by atoms with E-state index in [2.05, 4.69) is 19.2 Å². The number of hydrogen-bond donors (Lipinski definition) is 1. The number of nitrogens with zero attached hydrogens (tertiary/aromatic N) is 3. The Labute approximate surface area is 186 Å². The van der Waals surface area contributed by atoms with E-state index < -0.39 is 73.1 Å². The summed E-state index contributed by atoms with van der Waals surface area (Å²) in [5.74, 6) is -6.92. The van der Waals surface area contributed by atoms with Crippen LogP contribution in [-0.2, 0) is 14.2 Å². The Balaban J connectivity index is 4.08. The lowest BCUT2D eigenvalue weighted by Gasteiger charge is -2.41. The Bertz CT molecular complexity index is 870. The van der Waals surface area contributed by atoms with Crippen molar-refractivity contribution in [1.29, 1.82) is 5.26 Å². The minimum Gasteiger partial charge on any atom is -0.451 e. The number of amides is 1. The van der Waals surface area contributed by atoms with E-state index in [-0.39, 0.29) is 11.4 Å². The van der Waals surface area contributed by atoms with Gasteiger partial charge in [-0.1, -0.05) is 0 Å². The first kappa shape index (κ1) is 29.9. The molecule has 0 aromatic rings. The van der Waals surface area contributed by atoms with Crippen LogP contribution in [0.1, 0.15) is 13.8 Å². The number of alkyl halides is 12. The number of alkyl carbamates (subject to hydrolysis) is 1. The van der Waals surface area contributed by atoms with Crippen molar-refractivity contribution in [1.82, 2.24) is 5.32 Å². The number of carbonyl (C=O) groups is 1. The predicted octanol–water partition coefficient (Wildman–Crippen LogP) is 4.38. The Hall–Kier alpha value is -3.14. The number of nitriles is 1. The third kappa shape index (κ3) is 5.27. The molecule has 0 aliphatic carbocycles. The van der Waals surface area contributed by atoms with Gasteiger partial charge in [-0.3, -0.25) is 5.32 Å². The van der Waals surface area contributed by atoms with Crippen molar-refractivity contribution in [2.24, 2.45) is 15.9 Å². The number of nitrogens with one attached hydrogen (secondary N) is 1. The van der Waals surface area contributed by atoms with E-state index in [4.69, 9.17) is 5.26 Å². The molecule has 0 fully saturated rings. The van der Waals surface area contributed by atoms with E-state index in [0.717, 1.165) is 13.8 Å². The maximum atomic E-state index is 13.8. The summed E-state index contributed by atoms with van der Waals surface area (Å²) in [5, 5.41) is 9.40. The summed E-state index contributed by atoms with van der Waals surface area (Å²) in [6, 6.07) is 0.265. The molecule has 1 rings (SSSR count). The normalized spacial score (nSPS) is 17.9. The molecule has 35 heavy (non-hydrogen) atoms. The third-order valence-corrected chi connectivity index (χ3v) is 4.05. The average molecular weight is 540 g/mol. The third-order valence-electron chi connectivity index (χ3n) is 4.05. The summed E-state index contributed by atoms with van der Waals surface area (Å²) in [4.78, 5) is 15.5. The van der Waals surface area contributed by atoms with Gasteiger partial charge in [-0.15, -0.1) is 0 Å². The van der Waals surface area contributed by atoms with Crippen molar-refractivity contribution in [3.05, 3.63) is 0 Å². The van der Waals surface area contributed by atoms with Crippen LogP contribution in [0.5, 0.6) is 0 Å². The lowest BCUT2D eigenvalue weighted by molar-refractivity contribution is -0.311. The molecule has 20 heteroatoms. The first-order valence-corrected chi connectivity index (χ1v) is 8.76. The standard InChI is InChI=1S/C15H12F12N4O4/c1-3-33-8(32)30-10(12(16,17)18,13(19,20)21)6(5-28)7-29-11(14(22,23)24,15(25,26)27)31-9(35-7)34-4-2/h6H,3-4H2,1-2H3,(H,30,32)/t6-/m1/s1. The molecular formula is C15H12F12N4O4. The van der Waals surface area contributed by atoms with Gasteiger partial charge in [0.25, 0.3) is 5.54 Å². The molecule has 0 bridgehead atoms. The number of carbonyl (C=O) groups excluding carboxylic acids is 1. The molecule has 1 aliphatic heterocycles. The number of hydrogen-bond acceptors (Lipinski definition) is 7. The molecule has 1 heterocycles. The summed E-state index contributed by atoms with van der Waals surface area (Å²) in [5.41, 5.74) is -11.6. The minimum atomic E-state index is -6.79. The highest BCUT2D eigenvalue weighted by atomic mass is 19.4. The molecule has 1 amide bonds. The van der Waals surface area contributed by atoms with E-state index in [9.17, 15) is 57.5 Å². The zero-order valence-electron chi connectivity index (χ0n) is 17.0. The highest BCUT2D eigenvalue weighted by molar-refractivity contribution is 5.94. The van der Waals surface area contributed by atoms with Crippen LogP contribution in [0.25, 0.3) is 0 Å². The van der Waals surface area contributed by atoms with E-state index >= 15 is 0 Å². The fourth-order valence-electron chi connectivity index (χ4n) is 2.54. The molecule has 0 aromatic heterocycles. The average Bonchev–Trinajstić information content (AvgIpc) is 2.64. The molecule has 200 valence electrons. The summed E-state index contributed by atoms with van der Waals surface area (Å²) in [6.07, 6.45) is -31.4. The maximum Gasteiger partial charge on any atom is 0.443 e. The largest absolute Gasteiger partial charge is 0.451 e. The van der Waals surface area contributed by atoms with Gasteiger partial charge >= 0.3 is 42.5 Å². The SMILES string of the molecule is CCOC(=O)NC([C@H](C#N)C1=NC(C(F)(F)F)(C(F)(F)F)N=C(OCC)O1)(C(F)(F)F)C(F)(F)F. The second-order valence-corrected chi connectivity index (χ2v) is 6.24. The summed E-state index contributed by atoms with van der Waals surface area (Å²) in [6.45, 7) is 0.211. The van der Waals surface area contributed by atoms with Gasteiger partial charge in [0.1, 0.15) is 0 Å². The van der Waals surface area contributed by atoms with Crippen molar-refractivity contribution in [2.45, 2.75) is 49.8 Å². The Kier molecular flexibility index (Phi) is 8.10. The smallest absolute Gasteiger partial charge is 0.443 e. The Morgan fingerprint density at radius 3 is 1.80 bits per heavy atom. The van der Waals surface area contributed by atoms with E-state index in [1.165, 1.54) is 0 Å². The molecule has 0 saturated carbocycles. The van der Waals surface area contributed by atoms with Crippen LogP contribution in [0.4, 0.5) is 57.5 Å². The van der Waals surface area contributed by atoms with Crippen LogP contribution in [0.2, 0.25) is 0 Å². The summed E-state index contributed by atoms with van der Waals surface area (Å²) in [7, 11) is 0. The van der Waals surface area contributed by atoms with Crippen LogP contribution >= 0.6 is 0 Å². The van der Waals surface area contributed by atoms with Gasteiger partial charge in [0.15, 0.2) is 5.92 Å². The number of ether oxygens (including phenoxy) is 3. The summed E-state index contributed by atoms with van der Waals surface area (Å²) < 4.78 is 176. The van der Waals surface area contributed by atoms with Crippen molar-refractivity contribution in [2.75, 3.05) is 13.2 Å². The zero-order chi connectivity index (χ0) is 27.7. The predicted molar refractivity (Wildman–Crippen MR) is 86.5 cm³/mol. The van der Waals surface area contributed by atoms with Crippen molar-refractivity contribution >= 4 is 18.1 Å². The fraction of sp³-hybridized carbons (Fsp3) is 0.733. The van der Waals surface area contributed by atoms with Crippen LogP contribution in [-0.4, -0.2) is 67.2 Å². The molecule has 1 N–H and O–H groups in total. The fourth-order valence-corrected chi connectivity index (χ4v) is 2.54. The Morgan fingerprint density at radius 1 is 0.971 bits per heavy atom. The molecular weight excluding hydrogens is 528 g/mol. The molecule has 0 saturated heterocycles. The van der Waals surface area contributed by atoms with Gasteiger partial charge in [0.2, 0.25) is 5.90 Å². The van der Waals surface area contributed by atoms with Crippen LogP contribution in [0.3, 0.4) is 0 Å². The van der Waals surface area contributed by atoms with Gasteiger partial charge in [-0.25, -0.2) is 9.79 Å². The van der Waals surface area contributed by atoms with E-state index in [1.54, 1.807) is 0 Å². The zero-order valence-corrected chi connectivity index (χ0v) is 17.0. The monoisotopic (exact) mass is 540 g/mol. The highest BCUT2D eigenvalue weighted by Crippen LogP contribution is 2.52. The van der Waals surface area contributed by atoms with Gasteiger partial charge in [-0.2, -0.15) is 62.9 Å². The van der Waals surface area contributed by atoms with Crippen LogP contribution < -0.4 is 5.32 Å². The van der Waals surface area contributed by atoms with E-state index in [1.807, 2.05) is 4.99 Å². The minimum absolute atomic E-state index is 0.265. The topological polar surface area (TPSA) is 105 Å². The molecule has 1 aliphatic rings. The molecule has 0 spiro atoms. The highest BCUT2D eigenvalue weighted by Gasteiger charge is 2.79. The van der Waals surface area contributed by atoms with Gasteiger partial charge < -0.3 is 14.2 Å². The maximum absolute atomic E-state index is 13.8. The number of halogens is 12. The van der Waals surface area contributed by atoms with Gasteiger partial charge in [0, 0.05) is 0 Å². The van der Waals surface area contributed by atoms with Crippen molar-refractivity contribution in [3.63, 3.8) is 0 Å². The Morgan fingerprint density at radius 2 is 1.46 bits per heavy atom.